The fourth-order valence-corrected chi connectivity index (χ4v) is 2.39. The number of fused-ring (bicyclic) bond motifs is 1. The Morgan fingerprint density at radius 3 is 2.85 bits per heavy atom. The van der Waals surface area contributed by atoms with E-state index < -0.39 is 4.93 Å². The van der Waals surface area contributed by atoms with Crippen LogP contribution < -0.4 is 0 Å². The quantitative estimate of drug-likeness (QED) is 0.685. The molecule has 2 rings (SSSR count). The van der Waals surface area contributed by atoms with Gasteiger partial charge in [-0.3, -0.25) is 0 Å². The molecule has 0 radical (unpaired) electrons. The maximum Gasteiger partial charge on any atom is 0.145 e. The lowest BCUT2D eigenvalue weighted by Gasteiger charge is -2.26. The second-order valence-corrected chi connectivity index (χ2v) is 5.88. The van der Waals surface area contributed by atoms with E-state index >= 15 is 0 Å². The molecule has 72 valence electrons. The van der Waals surface area contributed by atoms with E-state index in [2.05, 4.69) is 32.9 Å². The molecule has 1 fully saturated rings. The largest absolute Gasteiger partial charge is 0.374 e. The maximum absolute atomic E-state index is 9.74. The van der Waals surface area contributed by atoms with Crippen molar-refractivity contribution in [3.63, 3.8) is 0 Å². The minimum absolute atomic E-state index is 0.251. The third-order valence-corrected chi connectivity index (χ3v) is 4.43. The van der Waals surface area contributed by atoms with E-state index in [1.54, 1.807) is 11.8 Å². The van der Waals surface area contributed by atoms with E-state index in [0.717, 1.165) is 6.42 Å². The van der Waals surface area contributed by atoms with Crippen LogP contribution in [0.4, 0.5) is 0 Å². The second kappa shape index (κ2) is 2.64. The first-order valence-electron chi connectivity index (χ1n) is 4.80. The van der Waals surface area contributed by atoms with Crippen molar-refractivity contribution in [1.82, 2.24) is 0 Å². The predicted molar refractivity (Wildman–Crippen MR) is 57.6 cm³/mol. The van der Waals surface area contributed by atoms with Crippen LogP contribution in [0.25, 0.3) is 0 Å². The first-order valence-corrected chi connectivity index (χ1v) is 5.68. The molecule has 2 unspecified atom stereocenters. The van der Waals surface area contributed by atoms with Crippen molar-refractivity contribution < 1.29 is 5.11 Å². The van der Waals surface area contributed by atoms with Gasteiger partial charge in [0.05, 0.1) is 5.25 Å². The van der Waals surface area contributed by atoms with Crippen molar-refractivity contribution in [2.24, 2.45) is 5.41 Å². The van der Waals surface area contributed by atoms with Crippen LogP contribution in [0.15, 0.2) is 23.8 Å². The van der Waals surface area contributed by atoms with Crippen LogP contribution in [-0.2, 0) is 0 Å². The summed E-state index contributed by atoms with van der Waals surface area (Å²) in [7, 11) is 0. The van der Waals surface area contributed by atoms with E-state index in [0.29, 0.717) is 5.25 Å². The molecule has 1 N–H and O–H groups in total. The number of thioether (sulfide) groups is 1. The molecule has 0 aromatic carbocycles. The molecule has 2 atom stereocenters. The molecule has 1 nitrogen and oxygen atoms in total. The highest BCUT2D eigenvalue weighted by atomic mass is 32.2. The minimum atomic E-state index is -0.548. The Morgan fingerprint density at radius 2 is 2.31 bits per heavy atom. The van der Waals surface area contributed by atoms with Gasteiger partial charge in [0.15, 0.2) is 0 Å². The normalized spacial score (nSPS) is 36.9. The highest BCUT2D eigenvalue weighted by Crippen LogP contribution is 2.56. The summed E-state index contributed by atoms with van der Waals surface area (Å²) in [6.45, 7) is 6.71. The van der Waals surface area contributed by atoms with Gasteiger partial charge < -0.3 is 5.11 Å². The molecule has 1 aliphatic heterocycles. The van der Waals surface area contributed by atoms with E-state index in [1.807, 2.05) is 6.08 Å². The fraction of sp³-hybridized carbons (Fsp3) is 0.636. The minimum Gasteiger partial charge on any atom is -0.374 e. The summed E-state index contributed by atoms with van der Waals surface area (Å²) in [5.74, 6) is 0. The average Bonchev–Trinajstić information content (AvgIpc) is 2.75. The van der Waals surface area contributed by atoms with Crippen LogP contribution in [-0.4, -0.2) is 15.3 Å². The van der Waals surface area contributed by atoms with Crippen LogP contribution in [0.1, 0.15) is 27.2 Å². The number of allylic oxidation sites excluding steroid dienone is 2. The van der Waals surface area contributed by atoms with E-state index in [-0.39, 0.29) is 5.41 Å². The molecular weight excluding hydrogens is 180 g/mol. The van der Waals surface area contributed by atoms with Gasteiger partial charge >= 0.3 is 0 Å². The summed E-state index contributed by atoms with van der Waals surface area (Å²) in [6, 6.07) is 0. The molecule has 1 saturated heterocycles. The van der Waals surface area contributed by atoms with Gasteiger partial charge in [0.2, 0.25) is 0 Å². The van der Waals surface area contributed by atoms with Crippen LogP contribution in [0.3, 0.4) is 0 Å². The average molecular weight is 196 g/mol. The van der Waals surface area contributed by atoms with E-state index in [9.17, 15) is 5.11 Å². The van der Waals surface area contributed by atoms with Gasteiger partial charge in [-0.05, 0) is 23.5 Å². The molecule has 1 heterocycles. The van der Waals surface area contributed by atoms with Crippen LogP contribution >= 0.6 is 11.8 Å². The van der Waals surface area contributed by atoms with Gasteiger partial charge in [0.25, 0.3) is 0 Å². The standard InChI is InChI=1S/C11H16OS/c1-4-10(2,3)8-5-6-11(12)9(7-8)13-11/h5-7,9,12H,4H2,1-3H3. The number of hydrogen-bond donors (Lipinski definition) is 1. The molecule has 0 aromatic rings. The smallest absolute Gasteiger partial charge is 0.145 e. The van der Waals surface area contributed by atoms with Crippen molar-refractivity contribution in [1.29, 1.82) is 0 Å². The van der Waals surface area contributed by atoms with Gasteiger partial charge in [-0.15, -0.1) is 11.8 Å². The summed E-state index contributed by atoms with van der Waals surface area (Å²) in [5, 5.41) is 10.1. The first kappa shape index (κ1) is 9.35. The Morgan fingerprint density at radius 1 is 1.62 bits per heavy atom. The van der Waals surface area contributed by atoms with Crippen molar-refractivity contribution >= 4 is 11.8 Å². The molecule has 0 amide bonds. The Labute approximate surface area is 83.9 Å². The zero-order valence-corrected chi connectivity index (χ0v) is 9.19. The van der Waals surface area contributed by atoms with Crippen LogP contribution in [0.2, 0.25) is 0 Å². The monoisotopic (exact) mass is 196 g/mol. The molecule has 13 heavy (non-hydrogen) atoms. The van der Waals surface area contributed by atoms with Crippen molar-refractivity contribution in [2.75, 3.05) is 0 Å². The summed E-state index contributed by atoms with van der Waals surface area (Å²) in [5.41, 5.74) is 1.62. The SMILES string of the molecule is CCC(C)(C)C1=CC2SC2(O)C=C1. The lowest BCUT2D eigenvalue weighted by atomic mass is 9.79. The van der Waals surface area contributed by atoms with Gasteiger partial charge in [-0.25, -0.2) is 0 Å². The molecular formula is C11H16OS. The Kier molecular flexibility index (Phi) is 1.90. The topological polar surface area (TPSA) is 20.2 Å². The number of rotatable bonds is 2. The molecule has 0 aromatic heterocycles. The van der Waals surface area contributed by atoms with Crippen LogP contribution in [0.5, 0.6) is 0 Å². The molecule has 0 spiro atoms. The maximum atomic E-state index is 9.74. The summed E-state index contributed by atoms with van der Waals surface area (Å²) in [4.78, 5) is -0.548. The lowest BCUT2D eigenvalue weighted by molar-refractivity contribution is 0.227. The van der Waals surface area contributed by atoms with Gasteiger partial charge in [-0.1, -0.05) is 32.9 Å². The summed E-state index contributed by atoms with van der Waals surface area (Å²) < 4.78 is 0. The van der Waals surface area contributed by atoms with E-state index in [1.165, 1.54) is 5.57 Å². The van der Waals surface area contributed by atoms with Gasteiger partial charge in [-0.2, -0.15) is 0 Å². The van der Waals surface area contributed by atoms with E-state index in [4.69, 9.17) is 0 Å². The lowest BCUT2D eigenvalue weighted by Crippen LogP contribution is -2.18. The molecule has 1 aliphatic carbocycles. The molecule has 2 heteroatoms. The Bertz CT molecular complexity index is 290. The van der Waals surface area contributed by atoms with Crippen molar-refractivity contribution in [3.8, 4) is 0 Å². The van der Waals surface area contributed by atoms with Gasteiger partial charge in [0.1, 0.15) is 4.93 Å². The van der Waals surface area contributed by atoms with Crippen molar-refractivity contribution in [3.05, 3.63) is 23.8 Å². The summed E-state index contributed by atoms with van der Waals surface area (Å²) >= 11 is 1.62. The highest BCUT2D eigenvalue weighted by molar-refractivity contribution is 8.08. The third-order valence-electron chi connectivity index (χ3n) is 3.16. The van der Waals surface area contributed by atoms with Crippen molar-refractivity contribution in [2.45, 2.75) is 37.4 Å². The Balaban J connectivity index is 2.21. The highest BCUT2D eigenvalue weighted by Gasteiger charge is 2.53. The number of aliphatic hydroxyl groups is 1. The number of hydrogen-bond acceptors (Lipinski definition) is 2. The zero-order chi connectivity index (χ0) is 9.69. The second-order valence-electron chi connectivity index (χ2n) is 4.48. The fourth-order valence-electron chi connectivity index (χ4n) is 1.54. The van der Waals surface area contributed by atoms with Crippen LogP contribution in [0, 0.1) is 5.41 Å². The molecule has 0 saturated carbocycles. The van der Waals surface area contributed by atoms with Gasteiger partial charge in [0, 0.05) is 0 Å². The zero-order valence-electron chi connectivity index (χ0n) is 8.37. The predicted octanol–water partition coefficient (Wildman–Crippen LogP) is 2.72. The first-order chi connectivity index (χ1) is 5.98. The molecule has 2 aliphatic rings. The molecule has 0 bridgehead atoms. The Hall–Kier alpha value is -0.210. The summed E-state index contributed by atoms with van der Waals surface area (Å²) in [6.07, 6.45) is 7.38. The third kappa shape index (κ3) is 1.46.